The number of carboxylic acids is 1. The Labute approximate surface area is 89.8 Å². The Balaban J connectivity index is 0. The molecule has 0 aliphatic carbocycles. The van der Waals surface area contributed by atoms with Crippen LogP contribution in [-0.4, -0.2) is 11.1 Å². The Morgan fingerprint density at radius 3 is 2.15 bits per heavy atom. The Morgan fingerprint density at radius 1 is 1.15 bits per heavy atom. The number of benzene rings is 1. The molecule has 0 saturated heterocycles. The molecule has 0 amide bonds. The van der Waals surface area contributed by atoms with Crippen molar-refractivity contribution in [2.24, 2.45) is 0 Å². The monoisotopic (exact) mass is 222 g/mol. The molecule has 0 spiro atoms. The van der Waals surface area contributed by atoms with Crippen molar-refractivity contribution >= 4 is 30.8 Å². The average Bonchev–Trinajstić information content (AvgIpc) is 2.03. The molecule has 74 valence electrons. The lowest BCUT2D eigenvalue weighted by molar-refractivity contribution is -0.136. The van der Waals surface area contributed by atoms with E-state index in [1.165, 1.54) is 0 Å². The standard InChI is InChI=1S/C9H10O2.2ClH/c10-9(11)7-6-8-4-2-1-3-5-8;;/h1-5H,6-7H2,(H,10,11);2*1H. The molecule has 0 radical (unpaired) electrons. The first-order chi connectivity index (χ1) is 5.29. The molecule has 0 bridgehead atoms. The molecule has 0 unspecified atom stereocenters. The third-order valence-electron chi connectivity index (χ3n) is 1.47. The molecule has 0 heterocycles. The van der Waals surface area contributed by atoms with Crippen molar-refractivity contribution in [1.82, 2.24) is 0 Å². The van der Waals surface area contributed by atoms with Crippen LogP contribution in [0, 0.1) is 0 Å². The number of rotatable bonds is 3. The van der Waals surface area contributed by atoms with Gasteiger partial charge in [-0.3, -0.25) is 4.79 Å². The molecule has 13 heavy (non-hydrogen) atoms. The topological polar surface area (TPSA) is 37.3 Å². The highest BCUT2D eigenvalue weighted by Gasteiger charge is 1.96. The quantitative estimate of drug-likeness (QED) is 0.854. The SMILES string of the molecule is Cl.Cl.O=C(O)CCc1ccccc1. The lowest BCUT2D eigenvalue weighted by atomic mass is 10.1. The van der Waals surface area contributed by atoms with Gasteiger partial charge in [-0.2, -0.15) is 0 Å². The van der Waals surface area contributed by atoms with Crippen LogP contribution in [0.25, 0.3) is 0 Å². The summed E-state index contributed by atoms with van der Waals surface area (Å²) in [6, 6.07) is 9.62. The summed E-state index contributed by atoms with van der Waals surface area (Å²) in [6.45, 7) is 0. The Morgan fingerprint density at radius 2 is 1.69 bits per heavy atom. The summed E-state index contributed by atoms with van der Waals surface area (Å²) in [5.41, 5.74) is 1.08. The maximum absolute atomic E-state index is 10.2. The van der Waals surface area contributed by atoms with Crippen LogP contribution in [0.15, 0.2) is 30.3 Å². The van der Waals surface area contributed by atoms with E-state index in [9.17, 15) is 4.79 Å². The molecule has 0 fully saturated rings. The van der Waals surface area contributed by atoms with Gasteiger partial charge in [-0.05, 0) is 12.0 Å². The molecule has 2 nitrogen and oxygen atoms in total. The molecule has 1 N–H and O–H groups in total. The van der Waals surface area contributed by atoms with Crippen LogP contribution in [0.1, 0.15) is 12.0 Å². The molecule has 1 aromatic rings. The van der Waals surface area contributed by atoms with Gasteiger partial charge in [0.2, 0.25) is 0 Å². The highest BCUT2D eigenvalue weighted by atomic mass is 35.5. The second-order valence-corrected chi connectivity index (χ2v) is 2.38. The van der Waals surface area contributed by atoms with Gasteiger partial charge in [0, 0.05) is 6.42 Å². The Kier molecular flexibility index (Phi) is 8.97. The van der Waals surface area contributed by atoms with Gasteiger partial charge in [0.1, 0.15) is 0 Å². The molecule has 0 aromatic heterocycles. The lowest BCUT2D eigenvalue weighted by Gasteiger charge is -1.95. The van der Waals surface area contributed by atoms with Crippen molar-refractivity contribution in [2.75, 3.05) is 0 Å². The summed E-state index contributed by atoms with van der Waals surface area (Å²) in [6.07, 6.45) is 0.834. The van der Waals surface area contributed by atoms with Gasteiger partial charge in [0.15, 0.2) is 0 Å². The number of halogens is 2. The number of hydrogen-bond acceptors (Lipinski definition) is 1. The first-order valence-electron chi connectivity index (χ1n) is 3.55. The van der Waals surface area contributed by atoms with Crippen molar-refractivity contribution in [2.45, 2.75) is 12.8 Å². The zero-order valence-electron chi connectivity index (χ0n) is 6.97. The fourth-order valence-corrected chi connectivity index (χ4v) is 0.896. The minimum Gasteiger partial charge on any atom is -0.481 e. The van der Waals surface area contributed by atoms with Crippen molar-refractivity contribution in [3.63, 3.8) is 0 Å². The van der Waals surface area contributed by atoms with Crippen LogP contribution in [0.5, 0.6) is 0 Å². The molecule has 0 aliphatic heterocycles. The smallest absolute Gasteiger partial charge is 0.303 e. The number of carbonyl (C=O) groups is 1. The molecule has 0 atom stereocenters. The third-order valence-corrected chi connectivity index (χ3v) is 1.47. The van der Waals surface area contributed by atoms with Crippen LogP contribution >= 0.6 is 24.8 Å². The van der Waals surface area contributed by atoms with Gasteiger partial charge in [-0.25, -0.2) is 0 Å². The molecular formula is C9H12Cl2O2. The summed E-state index contributed by atoms with van der Waals surface area (Å²) < 4.78 is 0. The second kappa shape index (κ2) is 7.90. The van der Waals surface area contributed by atoms with Crippen molar-refractivity contribution in [1.29, 1.82) is 0 Å². The van der Waals surface area contributed by atoms with Gasteiger partial charge >= 0.3 is 5.97 Å². The predicted molar refractivity (Wildman–Crippen MR) is 56.9 cm³/mol. The van der Waals surface area contributed by atoms with Crippen LogP contribution in [0.4, 0.5) is 0 Å². The van der Waals surface area contributed by atoms with Crippen molar-refractivity contribution in [3.05, 3.63) is 35.9 Å². The van der Waals surface area contributed by atoms with Crippen LogP contribution in [0.3, 0.4) is 0 Å². The Hall–Kier alpha value is -0.730. The highest BCUT2D eigenvalue weighted by Crippen LogP contribution is 2.01. The summed E-state index contributed by atoms with van der Waals surface area (Å²) in [5.74, 6) is -0.742. The van der Waals surface area contributed by atoms with Crippen LogP contribution in [0.2, 0.25) is 0 Å². The van der Waals surface area contributed by atoms with Crippen LogP contribution < -0.4 is 0 Å². The highest BCUT2D eigenvalue weighted by molar-refractivity contribution is 5.85. The summed E-state index contributed by atoms with van der Waals surface area (Å²) in [7, 11) is 0. The van der Waals surface area contributed by atoms with E-state index in [1.807, 2.05) is 30.3 Å². The minimum atomic E-state index is -0.742. The summed E-state index contributed by atoms with van der Waals surface area (Å²) in [4.78, 5) is 10.2. The van der Waals surface area contributed by atoms with Gasteiger partial charge in [0.25, 0.3) is 0 Å². The number of hydrogen-bond donors (Lipinski definition) is 1. The Bertz CT molecular complexity index is 237. The van der Waals surface area contributed by atoms with E-state index in [2.05, 4.69) is 0 Å². The summed E-state index contributed by atoms with van der Waals surface area (Å²) in [5, 5.41) is 8.37. The minimum absolute atomic E-state index is 0. The normalized spacial score (nSPS) is 8.00. The van der Waals surface area contributed by atoms with Crippen molar-refractivity contribution < 1.29 is 9.90 Å². The average molecular weight is 223 g/mol. The molecule has 0 saturated carbocycles. The molecule has 4 heteroatoms. The van der Waals surface area contributed by atoms with Gasteiger partial charge in [0.05, 0.1) is 0 Å². The molecular weight excluding hydrogens is 211 g/mol. The molecule has 0 aliphatic rings. The van der Waals surface area contributed by atoms with Gasteiger partial charge in [-0.15, -0.1) is 24.8 Å². The van der Waals surface area contributed by atoms with E-state index in [-0.39, 0.29) is 31.2 Å². The van der Waals surface area contributed by atoms with Crippen molar-refractivity contribution in [3.8, 4) is 0 Å². The molecule has 1 rings (SSSR count). The number of aryl methyl sites for hydroxylation is 1. The first-order valence-corrected chi connectivity index (χ1v) is 3.55. The van der Waals surface area contributed by atoms with E-state index >= 15 is 0 Å². The fourth-order valence-electron chi connectivity index (χ4n) is 0.896. The van der Waals surface area contributed by atoms with Crippen LogP contribution in [-0.2, 0) is 11.2 Å². The van der Waals surface area contributed by atoms with E-state index in [0.29, 0.717) is 6.42 Å². The van der Waals surface area contributed by atoms with E-state index in [1.54, 1.807) is 0 Å². The fraction of sp³-hybridized carbons (Fsp3) is 0.222. The van der Waals surface area contributed by atoms with Gasteiger partial charge in [-0.1, -0.05) is 30.3 Å². The zero-order chi connectivity index (χ0) is 8.10. The third kappa shape index (κ3) is 6.43. The second-order valence-electron chi connectivity index (χ2n) is 2.38. The van der Waals surface area contributed by atoms with E-state index < -0.39 is 5.97 Å². The predicted octanol–water partition coefficient (Wildman–Crippen LogP) is 2.55. The maximum atomic E-state index is 10.2. The first kappa shape index (κ1) is 14.8. The largest absolute Gasteiger partial charge is 0.481 e. The lowest BCUT2D eigenvalue weighted by Crippen LogP contribution is -1.96. The van der Waals surface area contributed by atoms with Gasteiger partial charge < -0.3 is 5.11 Å². The molecule has 1 aromatic carbocycles. The number of aliphatic carboxylic acids is 1. The zero-order valence-corrected chi connectivity index (χ0v) is 8.61. The summed E-state index contributed by atoms with van der Waals surface area (Å²) >= 11 is 0. The number of carboxylic acid groups (broad SMARTS) is 1. The van der Waals surface area contributed by atoms with E-state index in [4.69, 9.17) is 5.11 Å². The maximum Gasteiger partial charge on any atom is 0.303 e. The van der Waals surface area contributed by atoms with E-state index in [0.717, 1.165) is 5.56 Å².